The van der Waals surface area contributed by atoms with Crippen LogP contribution in [0, 0.1) is 5.82 Å². The highest BCUT2D eigenvalue weighted by atomic mass is 127. The van der Waals surface area contributed by atoms with Crippen molar-refractivity contribution in [2.75, 3.05) is 20.1 Å². The minimum absolute atomic E-state index is 0. The Morgan fingerprint density at radius 3 is 2.61 bits per heavy atom. The van der Waals surface area contributed by atoms with Crippen LogP contribution in [0.5, 0.6) is 0 Å². The summed E-state index contributed by atoms with van der Waals surface area (Å²) in [6, 6.07) is 6.41. The molecule has 5 nitrogen and oxygen atoms in total. The minimum Gasteiger partial charge on any atom is -0.355 e. The highest BCUT2D eigenvalue weighted by Crippen LogP contribution is 2.03. The molecule has 130 valence electrons. The lowest BCUT2D eigenvalue weighted by Crippen LogP contribution is -2.44. The quantitative estimate of drug-likeness (QED) is 0.266. The molecule has 1 rings (SSSR count). The van der Waals surface area contributed by atoms with Crippen LogP contribution < -0.4 is 16.0 Å². The second-order valence-corrected chi connectivity index (χ2v) is 5.11. The maximum absolute atomic E-state index is 13.0. The first-order chi connectivity index (χ1) is 10.5. The predicted molar refractivity (Wildman–Crippen MR) is 103 cm³/mol. The van der Waals surface area contributed by atoms with E-state index in [4.69, 9.17) is 0 Å². The summed E-state index contributed by atoms with van der Waals surface area (Å²) in [5, 5.41) is 9.15. The highest BCUT2D eigenvalue weighted by Gasteiger charge is 2.05. The Bertz CT molecular complexity index is 511. The fraction of sp³-hybridized carbons (Fsp3) is 0.500. The topological polar surface area (TPSA) is 65.5 Å². The van der Waals surface area contributed by atoms with Crippen LogP contribution in [-0.2, 0) is 11.2 Å². The Morgan fingerprint density at radius 1 is 1.30 bits per heavy atom. The van der Waals surface area contributed by atoms with Crippen molar-refractivity contribution in [1.82, 2.24) is 16.0 Å². The van der Waals surface area contributed by atoms with Crippen LogP contribution in [0.25, 0.3) is 0 Å². The van der Waals surface area contributed by atoms with Gasteiger partial charge >= 0.3 is 0 Å². The summed E-state index contributed by atoms with van der Waals surface area (Å²) in [4.78, 5) is 15.9. The molecule has 1 aromatic carbocycles. The van der Waals surface area contributed by atoms with Crippen LogP contribution in [0.15, 0.2) is 29.3 Å². The largest absolute Gasteiger partial charge is 0.355 e. The molecule has 0 aromatic heterocycles. The molecule has 0 aliphatic rings. The smallest absolute Gasteiger partial charge is 0.224 e. The lowest BCUT2D eigenvalue weighted by molar-refractivity contribution is -0.120. The molecule has 0 aliphatic heterocycles. The lowest BCUT2D eigenvalue weighted by atomic mass is 10.1. The van der Waals surface area contributed by atoms with E-state index in [1.807, 2.05) is 0 Å². The van der Waals surface area contributed by atoms with Gasteiger partial charge in [-0.1, -0.05) is 19.1 Å². The van der Waals surface area contributed by atoms with Gasteiger partial charge in [0.2, 0.25) is 5.91 Å². The first kappa shape index (κ1) is 21.6. The maximum Gasteiger partial charge on any atom is 0.224 e. The molecule has 23 heavy (non-hydrogen) atoms. The normalized spacial score (nSPS) is 12.1. The zero-order chi connectivity index (χ0) is 16.4. The van der Waals surface area contributed by atoms with E-state index in [9.17, 15) is 9.18 Å². The summed E-state index contributed by atoms with van der Waals surface area (Å²) < 4.78 is 13.0. The van der Waals surface area contributed by atoms with Gasteiger partial charge in [-0.3, -0.25) is 9.79 Å². The third-order valence-corrected chi connectivity index (χ3v) is 3.21. The SMILES string of the molecule is CCC(C)NC(=NC)NCCNC(=O)Cc1cccc(F)c1.I. The minimum atomic E-state index is -0.327. The van der Waals surface area contributed by atoms with Gasteiger partial charge in [0, 0.05) is 26.2 Å². The van der Waals surface area contributed by atoms with Crippen molar-refractivity contribution in [2.45, 2.75) is 32.7 Å². The van der Waals surface area contributed by atoms with Crippen molar-refractivity contribution in [3.8, 4) is 0 Å². The summed E-state index contributed by atoms with van der Waals surface area (Å²) in [5.41, 5.74) is 0.666. The lowest BCUT2D eigenvalue weighted by Gasteiger charge is -2.16. The molecule has 0 saturated carbocycles. The summed E-state index contributed by atoms with van der Waals surface area (Å²) >= 11 is 0. The molecule has 1 atom stereocenters. The van der Waals surface area contributed by atoms with Crippen LogP contribution >= 0.6 is 24.0 Å². The van der Waals surface area contributed by atoms with E-state index < -0.39 is 0 Å². The van der Waals surface area contributed by atoms with Gasteiger partial charge in [0.1, 0.15) is 5.82 Å². The fourth-order valence-electron chi connectivity index (χ4n) is 1.81. The third kappa shape index (κ3) is 9.37. The second-order valence-electron chi connectivity index (χ2n) is 5.11. The molecule has 1 unspecified atom stereocenters. The van der Waals surface area contributed by atoms with Crippen molar-refractivity contribution in [1.29, 1.82) is 0 Å². The van der Waals surface area contributed by atoms with E-state index in [1.165, 1.54) is 12.1 Å². The summed E-state index contributed by atoms with van der Waals surface area (Å²) in [7, 11) is 1.71. The van der Waals surface area contributed by atoms with Crippen molar-refractivity contribution < 1.29 is 9.18 Å². The average molecular weight is 436 g/mol. The van der Waals surface area contributed by atoms with E-state index in [-0.39, 0.29) is 42.1 Å². The third-order valence-electron chi connectivity index (χ3n) is 3.21. The molecule has 1 aromatic rings. The molecular weight excluding hydrogens is 410 g/mol. The number of guanidine groups is 1. The Balaban J connectivity index is 0.00000484. The Hall–Kier alpha value is -1.38. The summed E-state index contributed by atoms with van der Waals surface area (Å²) in [5.74, 6) is 0.262. The van der Waals surface area contributed by atoms with E-state index in [0.717, 1.165) is 6.42 Å². The molecule has 0 aliphatic carbocycles. The molecular formula is C16H26FIN4O. The van der Waals surface area contributed by atoms with Crippen molar-refractivity contribution in [3.05, 3.63) is 35.6 Å². The number of hydrogen-bond acceptors (Lipinski definition) is 2. The van der Waals surface area contributed by atoms with Crippen LogP contribution in [0.2, 0.25) is 0 Å². The first-order valence-corrected chi connectivity index (χ1v) is 7.53. The number of halogens is 2. The predicted octanol–water partition coefficient (Wildman–Crippen LogP) is 2.07. The summed E-state index contributed by atoms with van der Waals surface area (Å²) in [6.45, 7) is 5.23. The van der Waals surface area contributed by atoms with E-state index >= 15 is 0 Å². The average Bonchev–Trinajstić information content (AvgIpc) is 2.50. The standard InChI is InChI=1S/C16H25FN4O.HI/c1-4-12(2)21-16(18-3)20-9-8-19-15(22)11-13-6-5-7-14(17)10-13;/h5-7,10,12H,4,8-9,11H2,1-3H3,(H,19,22)(H2,18,20,21);1H. The highest BCUT2D eigenvalue weighted by molar-refractivity contribution is 14.0. The Labute approximate surface area is 154 Å². The number of aliphatic imine (C=N–C) groups is 1. The molecule has 0 spiro atoms. The Morgan fingerprint density at radius 2 is 2.00 bits per heavy atom. The molecule has 0 fully saturated rings. The van der Waals surface area contributed by atoms with Gasteiger partial charge < -0.3 is 16.0 Å². The maximum atomic E-state index is 13.0. The van der Waals surface area contributed by atoms with Crippen molar-refractivity contribution in [3.63, 3.8) is 0 Å². The number of nitrogens with zero attached hydrogens (tertiary/aromatic N) is 1. The number of carbonyl (C=O) groups is 1. The Kier molecular flexibility index (Phi) is 11.4. The van der Waals surface area contributed by atoms with Gasteiger partial charge in [0.05, 0.1) is 6.42 Å². The van der Waals surface area contributed by atoms with Crippen LogP contribution in [0.4, 0.5) is 4.39 Å². The van der Waals surface area contributed by atoms with E-state index in [2.05, 4.69) is 34.8 Å². The number of amides is 1. The number of benzene rings is 1. The molecule has 0 heterocycles. The van der Waals surface area contributed by atoms with E-state index in [1.54, 1.807) is 19.2 Å². The number of hydrogen-bond donors (Lipinski definition) is 3. The molecule has 3 N–H and O–H groups in total. The van der Waals surface area contributed by atoms with Crippen LogP contribution in [-0.4, -0.2) is 38.0 Å². The van der Waals surface area contributed by atoms with Gasteiger partial charge in [0.25, 0.3) is 0 Å². The number of nitrogens with one attached hydrogen (secondary N) is 3. The molecule has 1 amide bonds. The molecule has 7 heteroatoms. The van der Waals surface area contributed by atoms with Crippen molar-refractivity contribution >= 4 is 35.8 Å². The monoisotopic (exact) mass is 436 g/mol. The van der Waals surface area contributed by atoms with E-state index in [0.29, 0.717) is 30.7 Å². The van der Waals surface area contributed by atoms with Gasteiger partial charge in [-0.15, -0.1) is 24.0 Å². The van der Waals surface area contributed by atoms with Crippen LogP contribution in [0.1, 0.15) is 25.8 Å². The molecule has 0 radical (unpaired) electrons. The number of rotatable bonds is 7. The first-order valence-electron chi connectivity index (χ1n) is 7.53. The molecule has 0 bridgehead atoms. The molecule has 0 saturated heterocycles. The van der Waals surface area contributed by atoms with Gasteiger partial charge in [-0.25, -0.2) is 4.39 Å². The fourth-order valence-corrected chi connectivity index (χ4v) is 1.81. The zero-order valence-electron chi connectivity index (χ0n) is 13.9. The van der Waals surface area contributed by atoms with Crippen molar-refractivity contribution in [2.24, 2.45) is 4.99 Å². The van der Waals surface area contributed by atoms with Gasteiger partial charge in [0.15, 0.2) is 5.96 Å². The van der Waals surface area contributed by atoms with Crippen LogP contribution in [0.3, 0.4) is 0 Å². The van der Waals surface area contributed by atoms with Gasteiger partial charge in [-0.2, -0.15) is 0 Å². The van der Waals surface area contributed by atoms with Gasteiger partial charge in [-0.05, 0) is 31.0 Å². The number of carbonyl (C=O) groups excluding carboxylic acids is 1. The zero-order valence-corrected chi connectivity index (χ0v) is 16.2. The summed E-state index contributed by atoms with van der Waals surface area (Å²) in [6.07, 6.45) is 1.18. The second kappa shape index (κ2) is 12.1.